The Labute approximate surface area is 123 Å². The van der Waals surface area contributed by atoms with E-state index in [1.807, 2.05) is 6.07 Å². The number of hydrogen-bond acceptors (Lipinski definition) is 4. The van der Waals surface area contributed by atoms with Crippen LogP contribution in [-0.2, 0) is 25.9 Å². The predicted octanol–water partition coefficient (Wildman–Crippen LogP) is 3.23. The molecule has 0 saturated carbocycles. The van der Waals surface area contributed by atoms with Crippen LogP contribution in [-0.4, -0.2) is 22.1 Å². The Hall–Kier alpha value is -1.39. The van der Waals surface area contributed by atoms with E-state index in [2.05, 4.69) is 22.1 Å². The highest BCUT2D eigenvalue weighted by molar-refractivity contribution is 6.31. The maximum atomic E-state index is 6.14. The Morgan fingerprint density at radius 1 is 1.30 bits per heavy atom. The van der Waals surface area contributed by atoms with Gasteiger partial charge in [-0.3, -0.25) is 9.88 Å². The number of fused-ring (bicyclic) bond motifs is 1. The molecule has 2 aromatic heterocycles. The van der Waals surface area contributed by atoms with Crippen LogP contribution in [0.2, 0.25) is 5.02 Å². The van der Waals surface area contributed by atoms with E-state index in [0.29, 0.717) is 5.02 Å². The summed E-state index contributed by atoms with van der Waals surface area (Å²) in [5, 5.41) is 4.95. The molecule has 1 aliphatic rings. The van der Waals surface area contributed by atoms with Gasteiger partial charge in [0.25, 0.3) is 0 Å². The lowest BCUT2D eigenvalue weighted by Gasteiger charge is -2.17. The van der Waals surface area contributed by atoms with Crippen molar-refractivity contribution in [3.63, 3.8) is 0 Å². The molecule has 4 nitrogen and oxygen atoms in total. The number of pyridine rings is 1. The van der Waals surface area contributed by atoms with Gasteiger partial charge in [-0.2, -0.15) is 0 Å². The van der Waals surface area contributed by atoms with E-state index in [4.69, 9.17) is 16.1 Å². The lowest BCUT2D eigenvalue weighted by Crippen LogP contribution is -2.19. The third-order valence-corrected chi connectivity index (χ3v) is 4.09. The molecule has 1 aliphatic carbocycles. The number of halogens is 1. The van der Waals surface area contributed by atoms with Crippen LogP contribution < -0.4 is 0 Å². The Kier molecular flexibility index (Phi) is 4.03. The van der Waals surface area contributed by atoms with E-state index in [-0.39, 0.29) is 0 Å². The second-order valence-corrected chi connectivity index (χ2v) is 5.78. The van der Waals surface area contributed by atoms with Crippen LogP contribution in [0.15, 0.2) is 23.0 Å². The van der Waals surface area contributed by atoms with Crippen molar-refractivity contribution in [2.24, 2.45) is 0 Å². The van der Waals surface area contributed by atoms with Gasteiger partial charge in [0.05, 0.1) is 5.02 Å². The summed E-state index contributed by atoms with van der Waals surface area (Å²) in [4.78, 5) is 6.21. The maximum Gasteiger partial charge on any atom is 0.140 e. The first-order valence-electron chi connectivity index (χ1n) is 6.97. The normalized spacial score (nSPS) is 14.6. The molecule has 3 rings (SSSR count). The van der Waals surface area contributed by atoms with Crippen molar-refractivity contribution in [2.45, 2.75) is 38.8 Å². The molecule has 0 N–H and O–H groups in total. The van der Waals surface area contributed by atoms with E-state index >= 15 is 0 Å². The number of nitrogens with zero attached hydrogens (tertiary/aromatic N) is 3. The largest absolute Gasteiger partial charge is 0.361 e. The van der Waals surface area contributed by atoms with Crippen molar-refractivity contribution < 1.29 is 4.52 Å². The monoisotopic (exact) mass is 291 g/mol. The van der Waals surface area contributed by atoms with Crippen LogP contribution in [0.5, 0.6) is 0 Å². The van der Waals surface area contributed by atoms with Gasteiger partial charge in [-0.15, -0.1) is 0 Å². The fraction of sp³-hybridized carbons (Fsp3) is 0.467. The molecule has 5 heteroatoms. The van der Waals surface area contributed by atoms with Gasteiger partial charge < -0.3 is 4.52 Å². The van der Waals surface area contributed by atoms with Gasteiger partial charge in [-0.05, 0) is 37.9 Å². The van der Waals surface area contributed by atoms with Gasteiger partial charge in [0, 0.05) is 37.5 Å². The molecule has 0 atom stereocenters. The maximum absolute atomic E-state index is 6.14. The molecule has 0 unspecified atom stereocenters. The molecule has 20 heavy (non-hydrogen) atoms. The summed E-state index contributed by atoms with van der Waals surface area (Å²) in [6.45, 7) is 1.57. The number of rotatable bonds is 4. The van der Waals surface area contributed by atoms with E-state index in [0.717, 1.165) is 42.9 Å². The van der Waals surface area contributed by atoms with Crippen LogP contribution in [0.1, 0.15) is 35.4 Å². The average Bonchev–Trinajstić information content (AvgIpc) is 2.85. The molecule has 0 aliphatic heterocycles. The summed E-state index contributed by atoms with van der Waals surface area (Å²) in [6.07, 6.45) is 8.03. The van der Waals surface area contributed by atoms with E-state index in [1.54, 1.807) is 12.4 Å². The van der Waals surface area contributed by atoms with Crippen LogP contribution in [0.25, 0.3) is 0 Å². The summed E-state index contributed by atoms with van der Waals surface area (Å²) >= 11 is 6.14. The van der Waals surface area contributed by atoms with Crippen LogP contribution >= 0.6 is 11.6 Å². The van der Waals surface area contributed by atoms with E-state index < -0.39 is 0 Å². The first kappa shape index (κ1) is 13.6. The second-order valence-electron chi connectivity index (χ2n) is 5.38. The summed E-state index contributed by atoms with van der Waals surface area (Å²) < 4.78 is 5.45. The van der Waals surface area contributed by atoms with Crippen molar-refractivity contribution in [3.05, 3.63) is 46.1 Å². The van der Waals surface area contributed by atoms with Gasteiger partial charge in [0.2, 0.25) is 0 Å². The third kappa shape index (κ3) is 2.86. The standard InChI is InChI=1S/C15H18ClN3O/c1-19(9-11-6-7-17-8-13(11)16)10-14-12-4-2-3-5-15(12)20-18-14/h6-8H,2-5,9-10H2,1H3. The van der Waals surface area contributed by atoms with Gasteiger partial charge in [0.15, 0.2) is 0 Å². The minimum absolute atomic E-state index is 0.710. The second kappa shape index (κ2) is 5.94. The first-order chi connectivity index (χ1) is 9.74. The topological polar surface area (TPSA) is 42.2 Å². The molecular weight excluding hydrogens is 274 g/mol. The number of aromatic nitrogens is 2. The SMILES string of the molecule is CN(Cc1ccncc1Cl)Cc1noc2c1CCCC2. The predicted molar refractivity (Wildman–Crippen MR) is 77.6 cm³/mol. The van der Waals surface area contributed by atoms with Crippen molar-refractivity contribution in [1.82, 2.24) is 15.0 Å². The Bertz CT molecular complexity index is 597. The highest BCUT2D eigenvalue weighted by atomic mass is 35.5. The minimum atomic E-state index is 0.710. The molecule has 0 amide bonds. The van der Waals surface area contributed by atoms with E-state index in [9.17, 15) is 0 Å². The fourth-order valence-electron chi connectivity index (χ4n) is 2.71. The van der Waals surface area contributed by atoms with Gasteiger partial charge >= 0.3 is 0 Å². The number of hydrogen-bond donors (Lipinski definition) is 0. The Balaban J connectivity index is 1.69. The molecule has 0 aromatic carbocycles. The molecule has 106 valence electrons. The average molecular weight is 292 g/mol. The lowest BCUT2D eigenvalue weighted by molar-refractivity contribution is 0.300. The highest BCUT2D eigenvalue weighted by Gasteiger charge is 2.20. The third-order valence-electron chi connectivity index (χ3n) is 3.75. The molecule has 2 aromatic rings. The first-order valence-corrected chi connectivity index (χ1v) is 7.35. The van der Waals surface area contributed by atoms with Crippen molar-refractivity contribution in [2.75, 3.05) is 7.05 Å². The van der Waals surface area contributed by atoms with Crippen LogP contribution in [0, 0.1) is 0 Å². The van der Waals surface area contributed by atoms with Crippen molar-refractivity contribution >= 4 is 11.6 Å². The molecule has 0 radical (unpaired) electrons. The summed E-state index contributed by atoms with van der Waals surface area (Å²) in [5.41, 5.74) is 3.48. The zero-order valence-corrected chi connectivity index (χ0v) is 12.4. The van der Waals surface area contributed by atoms with Gasteiger partial charge in [-0.1, -0.05) is 16.8 Å². The van der Waals surface area contributed by atoms with Gasteiger partial charge in [0.1, 0.15) is 11.5 Å². The molecule has 0 spiro atoms. The molecule has 2 heterocycles. The van der Waals surface area contributed by atoms with Crippen molar-refractivity contribution in [1.29, 1.82) is 0 Å². The summed E-state index contributed by atoms with van der Waals surface area (Å²) in [6, 6.07) is 1.96. The lowest BCUT2D eigenvalue weighted by atomic mass is 9.96. The number of aryl methyl sites for hydroxylation is 1. The quantitative estimate of drug-likeness (QED) is 0.867. The molecule has 0 fully saturated rings. The zero-order chi connectivity index (χ0) is 13.9. The minimum Gasteiger partial charge on any atom is -0.361 e. The molecule has 0 saturated heterocycles. The molecule has 0 bridgehead atoms. The van der Waals surface area contributed by atoms with Gasteiger partial charge in [-0.25, -0.2) is 0 Å². The Morgan fingerprint density at radius 2 is 2.15 bits per heavy atom. The van der Waals surface area contributed by atoms with E-state index in [1.165, 1.54) is 18.4 Å². The summed E-state index contributed by atoms with van der Waals surface area (Å²) in [5.74, 6) is 1.08. The molecular formula is C15H18ClN3O. The smallest absolute Gasteiger partial charge is 0.140 e. The highest BCUT2D eigenvalue weighted by Crippen LogP contribution is 2.25. The fourth-order valence-corrected chi connectivity index (χ4v) is 2.89. The van der Waals surface area contributed by atoms with Crippen LogP contribution in [0.3, 0.4) is 0 Å². The Morgan fingerprint density at radius 3 is 3.00 bits per heavy atom. The summed E-state index contributed by atoms with van der Waals surface area (Å²) in [7, 11) is 2.07. The van der Waals surface area contributed by atoms with Crippen LogP contribution in [0.4, 0.5) is 0 Å². The zero-order valence-electron chi connectivity index (χ0n) is 11.6. The van der Waals surface area contributed by atoms with Crippen molar-refractivity contribution in [3.8, 4) is 0 Å².